The van der Waals surface area contributed by atoms with E-state index in [1.807, 2.05) is 18.2 Å². The van der Waals surface area contributed by atoms with Gasteiger partial charge in [-0.15, -0.1) is 0 Å². The van der Waals surface area contributed by atoms with Gasteiger partial charge in [-0.3, -0.25) is 0 Å². The first-order valence-electron chi connectivity index (χ1n) is 20.6. The molecule has 0 bridgehead atoms. The molecule has 2 aromatic heterocycles. The Morgan fingerprint density at radius 2 is 1.02 bits per heavy atom. The van der Waals surface area contributed by atoms with E-state index in [0.717, 1.165) is 66.5 Å². The summed E-state index contributed by atoms with van der Waals surface area (Å²) < 4.78 is 6.39. The van der Waals surface area contributed by atoms with Crippen LogP contribution in [0.15, 0.2) is 199 Å². The summed E-state index contributed by atoms with van der Waals surface area (Å²) in [6.45, 7) is 4.71. The number of furan rings is 1. The van der Waals surface area contributed by atoms with Gasteiger partial charge < -0.3 is 4.42 Å². The van der Waals surface area contributed by atoms with Crippen LogP contribution in [0.25, 0.3) is 111 Å². The highest BCUT2D eigenvalue weighted by Gasteiger charge is 2.37. The van der Waals surface area contributed by atoms with Crippen molar-refractivity contribution in [3.05, 3.63) is 205 Å². The predicted octanol–water partition coefficient (Wildman–Crippen LogP) is 15.3. The summed E-state index contributed by atoms with van der Waals surface area (Å²) in [5.74, 6) is 0.702. The molecular weight excluding hydrogens is 729 g/mol. The van der Waals surface area contributed by atoms with Crippen molar-refractivity contribution in [1.82, 2.24) is 9.97 Å². The van der Waals surface area contributed by atoms with Crippen LogP contribution in [-0.2, 0) is 5.41 Å². The van der Waals surface area contributed by atoms with E-state index in [-0.39, 0.29) is 5.41 Å². The van der Waals surface area contributed by atoms with Crippen LogP contribution in [0.3, 0.4) is 0 Å². The molecule has 0 atom stereocenters. The SMILES string of the molecule is CC1(C)c2cc3ccccc3cc2-c2c(-c3ccc(-c4cc(-c5ccc(-c6ccc7oc8c9ccccc9ccc8c7c6)cc5)nc(-c5ccccc5)n4)cc3)cccc21. The van der Waals surface area contributed by atoms with Gasteiger partial charge in [0.05, 0.1) is 11.4 Å². The zero-order chi connectivity index (χ0) is 40.0. The lowest BCUT2D eigenvalue weighted by Crippen LogP contribution is -2.14. The van der Waals surface area contributed by atoms with Gasteiger partial charge in [0, 0.05) is 38.3 Å². The summed E-state index contributed by atoms with van der Waals surface area (Å²) in [4.78, 5) is 10.3. The smallest absolute Gasteiger partial charge is 0.160 e. The summed E-state index contributed by atoms with van der Waals surface area (Å²) >= 11 is 0. The number of aromatic nitrogens is 2. The van der Waals surface area contributed by atoms with Gasteiger partial charge in [-0.2, -0.15) is 0 Å². The Kier molecular flexibility index (Phi) is 7.58. The molecule has 0 saturated heterocycles. The zero-order valence-corrected chi connectivity index (χ0v) is 33.3. The fraction of sp³-hybridized carbons (Fsp3) is 0.0526. The van der Waals surface area contributed by atoms with Crippen molar-refractivity contribution in [1.29, 1.82) is 0 Å². The second-order valence-electron chi connectivity index (χ2n) is 16.6. The summed E-state index contributed by atoms with van der Waals surface area (Å²) in [5.41, 5.74) is 16.7. The molecule has 0 N–H and O–H groups in total. The van der Waals surface area contributed by atoms with Crippen LogP contribution in [0.2, 0.25) is 0 Å². The van der Waals surface area contributed by atoms with Gasteiger partial charge >= 0.3 is 0 Å². The summed E-state index contributed by atoms with van der Waals surface area (Å²) in [7, 11) is 0. The number of hydrogen-bond acceptors (Lipinski definition) is 3. The van der Waals surface area contributed by atoms with Crippen LogP contribution in [0.1, 0.15) is 25.0 Å². The molecular formula is C57H38N2O. The number of benzene rings is 9. The van der Waals surface area contributed by atoms with E-state index in [0.29, 0.717) is 5.82 Å². The van der Waals surface area contributed by atoms with Gasteiger partial charge in [0.1, 0.15) is 11.2 Å². The molecule has 12 rings (SSSR count). The number of nitrogens with zero attached hydrogens (tertiary/aromatic N) is 2. The third kappa shape index (κ3) is 5.43. The van der Waals surface area contributed by atoms with Crippen molar-refractivity contribution in [3.63, 3.8) is 0 Å². The van der Waals surface area contributed by atoms with Gasteiger partial charge in [-0.1, -0.05) is 172 Å². The minimum Gasteiger partial charge on any atom is -0.455 e. The molecule has 0 aliphatic heterocycles. The second kappa shape index (κ2) is 13.2. The normalized spacial score (nSPS) is 13.0. The number of hydrogen-bond donors (Lipinski definition) is 0. The largest absolute Gasteiger partial charge is 0.455 e. The average molecular weight is 767 g/mol. The van der Waals surface area contributed by atoms with E-state index in [9.17, 15) is 0 Å². The molecule has 1 aliphatic carbocycles. The first-order chi connectivity index (χ1) is 29.5. The monoisotopic (exact) mass is 766 g/mol. The Bertz CT molecular complexity index is 3490. The lowest BCUT2D eigenvalue weighted by Gasteiger charge is -2.22. The Hall–Kier alpha value is -7.62. The van der Waals surface area contributed by atoms with E-state index in [4.69, 9.17) is 14.4 Å². The van der Waals surface area contributed by atoms with Crippen LogP contribution in [0.5, 0.6) is 0 Å². The summed E-state index contributed by atoms with van der Waals surface area (Å²) in [6, 6.07) is 69.5. The van der Waals surface area contributed by atoms with Gasteiger partial charge in [0.2, 0.25) is 0 Å². The standard InChI is InChI=1S/C57H38N2O/c1-57(2)49-18-10-17-44(54(49)48-32-41-14-6-7-15-42(41)33-50(48)57)37-21-25-39(26-22-37)52-34-51(58-56(59-52)40-12-4-3-5-13-40)38-23-19-35(20-24-38)43-28-30-53-47(31-43)46-29-27-36-11-8-9-16-45(36)55(46)60-53/h3-34H,1-2H3. The Morgan fingerprint density at radius 3 is 1.77 bits per heavy atom. The average Bonchev–Trinajstić information content (AvgIpc) is 3.80. The fourth-order valence-electron chi connectivity index (χ4n) is 9.51. The Balaban J connectivity index is 0.910. The van der Waals surface area contributed by atoms with E-state index in [1.54, 1.807) is 0 Å². The maximum atomic E-state index is 6.39. The molecule has 9 aromatic carbocycles. The number of rotatable bonds is 5. The Morgan fingerprint density at radius 1 is 0.383 bits per heavy atom. The zero-order valence-electron chi connectivity index (χ0n) is 33.3. The maximum Gasteiger partial charge on any atom is 0.160 e. The highest BCUT2D eigenvalue weighted by Crippen LogP contribution is 2.53. The molecule has 3 nitrogen and oxygen atoms in total. The lowest BCUT2D eigenvalue weighted by atomic mass is 9.81. The number of fused-ring (bicyclic) bond motifs is 9. The van der Waals surface area contributed by atoms with Crippen molar-refractivity contribution in [2.24, 2.45) is 0 Å². The fourth-order valence-corrected chi connectivity index (χ4v) is 9.51. The van der Waals surface area contributed by atoms with E-state index in [2.05, 4.69) is 190 Å². The molecule has 1 aliphatic rings. The molecule has 2 heterocycles. The van der Waals surface area contributed by atoms with Gasteiger partial charge in [-0.25, -0.2) is 9.97 Å². The van der Waals surface area contributed by atoms with Crippen molar-refractivity contribution >= 4 is 43.5 Å². The molecule has 0 spiro atoms. The van der Waals surface area contributed by atoms with Crippen molar-refractivity contribution in [3.8, 4) is 67.3 Å². The topological polar surface area (TPSA) is 38.9 Å². The van der Waals surface area contributed by atoms with Crippen molar-refractivity contribution < 1.29 is 4.42 Å². The molecule has 0 saturated carbocycles. The van der Waals surface area contributed by atoms with Crippen LogP contribution >= 0.6 is 0 Å². The van der Waals surface area contributed by atoms with Crippen LogP contribution in [-0.4, -0.2) is 9.97 Å². The first-order valence-corrected chi connectivity index (χ1v) is 20.6. The van der Waals surface area contributed by atoms with E-state index >= 15 is 0 Å². The maximum absolute atomic E-state index is 6.39. The highest BCUT2D eigenvalue weighted by atomic mass is 16.3. The predicted molar refractivity (Wildman–Crippen MR) is 249 cm³/mol. The molecule has 0 fully saturated rings. The minimum atomic E-state index is -0.0912. The van der Waals surface area contributed by atoms with Crippen LogP contribution < -0.4 is 0 Å². The van der Waals surface area contributed by atoms with E-state index in [1.165, 1.54) is 49.5 Å². The lowest BCUT2D eigenvalue weighted by molar-refractivity contribution is 0.661. The van der Waals surface area contributed by atoms with Gasteiger partial charge in [-0.05, 0) is 97.1 Å². The minimum absolute atomic E-state index is 0.0912. The van der Waals surface area contributed by atoms with Crippen LogP contribution in [0, 0.1) is 0 Å². The third-order valence-corrected chi connectivity index (χ3v) is 12.7. The van der Waals surface area contributed by atoms with Crippen molar-refractivity contribution in [2.75, 3.05) is 0 Å². The molecule has 0 unspecified atom stereocenters. The third-order valence-electron chi connectivity index (χ3n) is 12.7. The summed E-state index contributed by atoms with van der Waals surface area (Å²) in [5, 5.41) is 7.12. The van der Waals surface area contributed by atoms with Crippen LogP contribution in [0.4, 0.5) is 0 Å². The second-order valence-corrected chi connectivity index (χ2v) is 16.6. The van der Waals surface area contributed by atoms with Crippen molar-refractivity contribution in [2.45, 2.75) is 19.3 Å². The first kappa shape index (κ1) is 34.4. The molecule has 0 amide bonds. The van der Waals surface area contributed by atoms with Gasteiger partial charge in [0.15, 0.2) is 5.82 Å². The molecule has 60 heavy (non-hydrogen) atoms. The summed E-state index contributed by atoms with van der Waals surface area (Å²) in [6.07, 6.45) is 0. The quantitative estimate of drug-likeness (QED) is 0.175. The molecule has 0 radical (unpaired) electrons. The van der Waals surface area contributed by atoms with Gasteiger partial charge in [0.25, 0.3) is 0 Å². The Labute approximate surface area is 348 Å². The highest BCUT2D eigenvalue weighted by molar-refractivity contribution is 6.15. The molecule has 11 aromatic rings. The molecule has 3 heteroatoms. The van der Waals surface area contributed by atoms with E-state index < -0.39 is 0 Å². The molecule has 282 valence electrons.